The number of anilines is 1. The van der Waals surface area contributed by atoms with Crippen molar-refractivity contribution in [1.29, 1.82) is 0 Å². The van der Waals surface area contributed by atoms with E-state index in [1.807, 2.05) is 31.2 Å². The Morgan fingerprint density at radius 3 is 2.70 bits per heavy atom. The molecule has 0 atom stereocenters. The maximum atomic E-state index is 11.8. The van der Waals surface area contributed by atoms with E-state index in [0.29, 0.717) is 10.6 Å². The van der Waals surface area contributed by atoms with Crippen LogP contribution >= 0.6 is 11.3 Å². The van der Waals surface area contributed by atoms with Crippen molar-refractivity contribution in [2.45, 2.75) is 13.3 Å². The summed E-state index contributed by atoms with van der Waals surface area (Å²) in [5.74, 6) is 0.382. The highest BCUT2D eigenvalue weighted by Crippen LogP contribution is 2.40. The summed E-state index contributed by atoms with van der Waals surface area (Å²) in [7, 11) is 2.99. The van der Waals surface area contributed by atoms with E-state index in [1.54, 1.807) is 7.11 Å². The predicted molar refractivity (Wildman–Crippen MR) is 81.4 cm³/mol. The normalized spacial score (nSPS) is 10.3. The highest BCUT2D eigenvalue weighted by Gasteiger charge is 2.21. The van der Waals surface area contributed by atoms with Gasteiger partial charge in [-0.05, 0) is 29.7 Å². The summed E-state index contributed by atoms with van der Waals surface area (Å²) in [6.07, 6.45) is 0.756. The third-order valence-electron chi connectivity index (χ3n) is 3.10. The molecule has 0 spiro atoms. The zero-order chi connectivity index (χ0) is 14.7. The average molecular weight is 291 g/mol. The van der Waals surface area contributed by atoms with E-state index in [9.17, 15) is 4.79 Å². The van der Waals surface area contributed by atoms with Crippen LogP contribution in [0.5, 0.6) is 5.75 Å². The van der Waals surface area contributed by atoms with Crippen LogP contribution in [0.15, 0.2) is 24.3 Å². The van der Waals surface area contributed by atoms with Crippen LogP contribution < -0.4 is 10.5 Å². The average Bonchev–Trinajstić information content (AvgIpc) is 2.83. The molecule has 2 rings (SSSR count). The molecule has 20 heavy (non-hydrogen) atoms. The number of nitrogens with two attached hydrogens (primary N) is 1. The third kappa shape index (κ3) is 2.49. The van der Waals surface area contributed by atoms with Gasteiger partial charge in [0.2, 0.25) is 0 Å². The van der Waals surface area contributed by atoms with Gasteiger partial charge in [-0.1, -0.05) is 19.1 Å². The topological polar surface area (TPSA) is 61.5 Å². The van der Waals surface area contributed by atoms with Crippen LogP contribution in [0.3, 0.4) is 0 Å². The minimum atomic E-state index is -0.392. The van der Waals surface area contributed by atoms with Crippen molar-refractivity contribution >= 4 is 23.0 Å². The predicted octanol–water partition coefficient (Wildman–Crippen LogP) is 3.35. The van der Waals surface area contributed by atoms with E-state index < -0.39 is 5.97 Å². The number of hydrogen-bond donors (Lipinski definition) is 1. The highest BCUT2D eigenvalue weighted by atomic mass is 32.1. The van der Waals surface area contributed by atoms with Gasteiger partial charge in [0.15, 0.2) is 0 Å². The Balaban J connectivity index is 2.58. The molecule has 4 nitrogen and oxygen atoms in total. The molecule has 1 aromatic heterocycles. The van der Waals surface area contributed by atoms with Gasteiger partial charge in [-0.3, -0.25) is 0 Å². The summed E-state index contributed by atoms with van der Waals surface area (Å²) in [6.45, 7) is 2.02. The smallest absolute Gasteiger partial charge is 0.350 e. The molecular formula is C15H17NO3S. The molecule has 0 aliphatic rings. The molecule has 1 aromatic carbocycles. The molecule has 0 radical (unpaired) electrons. The highest BCUT2D eigenvalue weighted by molar-refractivity contribution is 7.18. The van der Waals surface area contributed by atoms with Gasteiger partial charge in [-0.25, -0.2) is 4.79 Å². The van der Waals surface area contributed by atoms with Crippen LogP contribution in [0, 0.1) is 0 Å². The second-order valence-electron chi connectivity index (χ2n) is 4.23. The zero-order valence-electron chi connectivity index (χ0n) is 11.7. The van der Waals surface area contributed by atoms with Crippen molar-refractivity contribution in [2.24, 2.45) is 0 Å². The molecule has 0 aliphatic heterocycles. The first-order chi connectivity index (χ1) is 9.62. The number of benzene rings is 1. The summed E-state index contributed by atoms with van der Waals surface area (Å²) in [6, 6.07) is 7.72. The maximum Gasteiger partial charge on any atom is 0.350 e. The molecule has 0 bridgehead atoms. The van der Waals surface area contributed by atoms with Crippen molar-refractivity contribution in [2.75, 3.05) is 20.0 Å². The maximum absolute atomic E-state index is 11.8. The number of nitrogen functional groups attached to an aromatic ring is 1. The van der Waals surface area contributed by atoms with Crippen molar-refractivity contribution in [3.63, 3.8) is 0 Å². The first kappa shape index (κ1) is 14.4. The van der Waals surface area contributed by atoms with Gasteiger partial charge in [0.1, 0.15) is 10.6 Å². The van der Waals surface area contributed by atoms with Gasteiger partial charge in [-0.2, -0.15) is 0 Å². The van der Waals surface area contributed by atoms with E-state index in [1.165, 1.54) is 18.4 Å². The lowest BCUT2D eigenvalue weighted by Crippen LogP contribution is -2.02. The van der Waals surface area contributed by atoms with E-state index in [-0.39, 0.29) is 0 Å². The molecule has 5 heteroatoms. The van der Waals surface area contributed by atoms with Crippen LogP contribution in [0.4, 0.5) is 5.69 Å². The Labute approximate surface area is 122 Å². The molecule has 0 unspecified atom stereocenters. The molecule has 106 valence electrons. The van der Waals surface area contributed by atoms with Crippen LogP contribution in [-0.4, -0.2) is 20.2 Å². The van der Waals surface area contributed by atoms with Crippen molar-refractivity contribution in [3.05, 3.63) is 34.7 Å². The number of rotatable bonds is 4. The molecule has 0 saturated carbocycles. The lowest BCUT2D eigenvalue weighted by atomic mass is 10.1. The summed E-state index contributed by atoms with van der Waals surface area (Å²) >= 11 is 1.36. The minimum absolute atomic E-state index is 0.392. The van der Waals surface area contributed by atoms with Crippen LogP contribution in [0.25, 0.3) is 10.4 Å². The minimum Gasteiger partial charge on any atom is -0.497 e. The summed E-state index contributed by atoms with van der Waals surface area (Å²) in [4.78, 5) is 13.2. The largest absolute Gasteiger partial charge is 0.497 e. The monoisotopic (exact) mass is 291 g/mol. The molecule has 1 heterocycles. The number of ether oxygens (including phenoxy) is 2. The SMILES string of the molecule is CCc1c(-c2cccc(OC)c2)sc(C(=O)OC)c1N. The first-order valence-corrected chi connectivity index (χ1v) is 7.07. The van der Waals surface area contributed by atoms with Gasteiger partial charge in [-0.15, -0.1) is 11.3 Å². The van der Waals surface area contributed by atoms with Crippen molar-refractivity contribution < 1.29 is 14.3 Å². The van der Waals surface area contributed by atoms with Crippen LogP contribution in [0.2, 0.25) is 0 Å². The van der Waals surface area contributed by atoms with Crippen LogP contribution in [0.1, 0.15) is 22.2 Å². The summed E-state index contributed by atoms with van der Waals surface area (Å²) in [5, 5.41) is 0. The number of esters is 1. The van der Waals surface area contributed by atoms with Gasteiger partial charge < -0.3 is 15.2 Å². The Morgan fingerprint density at radius 2 is 2.10 bits per heavy atom. The molecule has 0 amide bonds. The number of carbonyl (C=O) groups is 1. The Bertz CT molecular complexity index is 634. The first-order valence-electron chi connectivity index (χ1n) is 6.26. The van der Waals surface area contributed by atoms with Crippen molar-refractivity contribution in [3.8, 4) is 16.2 Å². The van der Waals surface area contributed by atoms with Gasteiger partial charge in [0.25, 0.3) is 0 Å². The number of carbonyl (C=O) groups excluding carboxylic acids is 1. The van der Waals surface area contributed by atoms with E-state index in [0.717, 1.165) is 28.2 Å². The molecule has 0 aliphatic carbocycles. The summed E-state index contributed by atoms with van der Waals surface area (Å²) in [5.41, 5.74) is 8.56. The quantitative estimate of drug-likeness (QED) is 0.877. The molecule has 2 aromatic rings. The fourth-order valence-electron chi connectivity index (χ4n) is 2.07. The van der Waals surface area contributed by atoms with Crippen LogP contribution in [-0.2, 0) is 11.2 Å². The molecular weight excluding hydrogens is 274 g/mol. The van der Waals surface area contributed by atoms with Gasteiger partial charge in [0.05, 0.1) is 19.9 Å². The second kappa shape index (κ2) is 5.96. The lowest BCUT2D eigenvalue weighted by molar-refractivity contribution is 0.0607. The molecule has 2 N–H and O–H groups in total. The van der Waals surface area contributed by atoms with Gasteiger partial charge in [0, 0.05) is 4.88 Å². The number of hydrogen-bond acceptors (Lipinski definition) is 5. The second-order valence-corrected chi connectivity index (χ2v) is 5.25. The van der Waals surface area contributed by atoms with E-state index in [4.69, 9.17) is 15.2 Å². The fraction of sp³-hybridized carbons (Fsp3) is 0.267. The third-order valence-corrected chi connectivity index (χ3v) is 4.38. The molecule has 0 fully saturated rings. The number of thiophene rings is 1. The Morgan fingerprint density at radius 1 is 1.35 bits per heavy atom. The zero-order valence-corrected chi connectivity index (χ0v) is 12.5. The summed E-state index contributed by atoms with van der Waals surface area (Å²) < 4.78 is 10.0. The van der Waals surface area contributed by atoms with E-state index >= 15 is 0 Å². The lowest BCUT2D eigenvalue weighted by Gasteiger charge is -2.05. The molecule has 0 saturated heterocycles. The van der Waals surface area contributed by atoms with Gasteiger partial charge >= 0.3 is 5.97 Å². The number of methoxy groups -OCH3 is 2. The Kier molecular flexibility index (Phi) is 4.29. The fourth-order valence-corrected chi connectivity index (χ4v) is 3.30. The van der Waals surface area contributed by atoms with Crippen molar-refractivity contribution in [1.82, 2.24) is 0 Å². The standard InChI is InChI=1S/C15H17NO3S/c1-4-11-12(16)14(15(17)19-3)20-13(11)9-6-5-7-10(8-9)18-2/h5-8H,4,16H2,1-3H3. The Hall–Kier alpha value is -2.01. The van der Waals surface area contributed by atoms with E-state index in [2.05, 4.69) is 0 Å².